The van der Waals surface area contributed by atoms with Gasteiger partial charge in [-0.15, -0.1) is 0 Å². The maximum atomic E-state index is 12.9. The van der Waals surface area contributed by atoms with E-state index < -0.39 is 12.0 Å². The third-order valence-corrected chi connectivity index (χ3v) is 3.01. The number of nitrogens with zero attached hydrogens (tertiary/aromatic N) is 1. The van der Waals surface area contributed by atoms with E-state index in [0.717, 1.165) is 0 Å². The Balaban J connectivity index is 1.82. The van der Waals surface area contributed by atoms with Gasteiger partial charge >= 0.3 is 0 Å². The molecule has 0 radical (unpaired) electrons. The minimum atomic E-state index is -0.771. The number of hydrogen-bond donors (Lipinski definition) is 2. The molecule has 6 nitrogen and oxygen atoms in total. The molecule has 7 heteroatoms. The second-order valence-electron chi connectivity index (χ2n) is 5.28. The molecule has 1 heterocycles. The van der Waals surface area contributed by atoms with Gasteiger partial charge in [-0.25, -0.2) is 4.39 Å². The van der Waals surface area contributed by atoms with Crippen molar-refractivity contribution in [1.82, 2.24) is 10.6 Å². The van der Waals surface area contributed by atoms with Gasteiger partial charge in [0, 0.05) is 12.5 Å². The fraction of sp³-hybridized carbons (Fsp3) is 0.400. The SMILES string of the molecule is CC(C)NC(=O)CNC(=O)[C@@H]1CC(c2ccc(F)cc2)=NO1. The zero-order chi connectivity index (χ0) is 16.1. The molecule has 2 amide bonds. The first-order valence-corrected chi connectivity index (χ1v) is 7.01. The van der Waals surface area contributed by atoms with Crippen molar-refractivity contribution in [2.45, 2.75) is 32.4 Å². The summed E-state index contributed by atoms with van der Waals surface area (Å²) in [5, 5.41) is 9.02. The van der Waals surface area contributed by atoms with Crippen LogP contribution in [0.1, 0.15) is 25.8 Å². The lowest BCUT2D eigenvalue weighted by atomic mass is 10.0. The molecule has 0 aromatic heterocycles. The molecule has 22 heavy (non-hydrogen) atoms. The van der Waals surface area contributed by atoms with Gasteiger partial charge in [0.1, 0.15) is 5.82 Å². The molecule has 1 aliphatic rings. The molecule has 2 N–H and O–H groups in total. The van der Waals surface area contributed by atoms with Gasteiger partial charge in [-0.3, -0.25) is 9.59 Å². The zero-order valence-electron chi connectivity index (χ0n) is 12.4. The Kier molecular flexibility index (Phi) is 5.08. The number of benzene rings is 1. The van der Waals surface area contributed by atoms with E-state index in [1.165, 1.54) is 12.1 Å². The predicted octanol–water partition coefficient (Wildman–Crippen LogP) is 0.959. The van der Waals surface area contributed by atoms with Gasteiger partial charge in [0.05, 0.1) is 12.3 Å². The Morgan fingerprint density at radius 2 is 2.05 bits per heavy atom. The number of amides is 2. The lowest BCUT2D eigenvalue weighted by Crippen LogP contribution is -2.43. The van der Waals surface area contributed by atoms with Gasteiger partial charge in [0.2, 0.25) is 12.0 Å². The van der Waals surface area contributed by atoms with Crippen molar-refractivity contribution in [3.05, 3.63) is 35.6 Å². The van der Waals surface area contributed by atoms with Gasteiger partial charge in [-0.2, -0.15) is 0 Å². The lowest BCUT2D eigenvalue weighted by Gasteiger charge is -2.11. The van der Waals surface area contributed by atoms with E-state index in [4.69, 9.17) is 4.84 Å². The van der Waals surface area contributed by atoms with Crippen LogP contribution in [0.3, 0.4) is 0 Å². The van der Waals surface area contributed by atoms with Crippen LogP contribution in [-0.2, 0) is 14.4 Å². The number of rotatable bonds is 5. The molecule has 0 saturated heterocycles. The van der Waals surface area contributed by atoms with Crippen molar-refractivity contribution >= 4 is 17.5 Å². The lowest BCUT2D eigenvalue weighted by molar-refractivity contribution is -0.133. The Morgan fingerprint density at radius 3 is 2.68 bits per heavy atom. The molecular formula is C15H18FN3O3. The van der Waals surface area contributed by atoms with Gasteiger partial charge in [-0.05, 0) is 31.5 Å². The Labute approximate surface area is 127 Å². The van der Waals surface area contributed by atoms with Crippen molar-refractivity contribution in [3.63, 3.8) is 0 Å². The van der Waals surface area contributed by atoms with Crippen LogP contribution in [0, 0.1) is 5.82 Å². The van der Waals surface area contributed by atoms with Crippen LogP contribution in [0.25, 0.3) is 0 Å². The van der Waals surface area contributed by atoms with Crippen LogP contribution in [0.2, 0.25) is 0 Å². The number of halogens is 1. The molecule has 0 spiro atoms. The van der Waals surface area contributed by atoms with Gasteiger partial charge in [-0.1, -0.05) is 17.3 Å². The van der Waals surface area contributed by atoms with Gasteiger partial charge < -0.3 is 15.5 Å². The molecule has 0 saturated carbocycles. The quantitative estimate of drug-likeness (QED) is 0.850. The monoisotopic (exact) mass is 307 g/mol. The van der Waals surface area contributed by atoms with Crippen LogP contribution >= 0.6 is 0 Å². The van der Waals surface area contributed by atoms with E-state index in [0.29, 0.717) is 11.3 Å². The summed E-state index contributed by atoms with van der Waals surface area (Å²) in [6, 6.07) is 5.81. The molecule has 1 aromatic rings. The van der Waals surface area contributed by atoms with E-state index in [9.17, 15) is 14.0 Å². The maximum absolute atomic E-state index is 12.9. The third kappa shape index (κ3) is 4.28. The highest BCUT2D eigenvalue weighted by Crippen LogP contribution is 2.17. The first-order valence-electron chi connectivity index (χ1n) is 7.01. The molecule has 2 rings (SSSR count). The van der Waals surface area contributed by atoms with Crippen molar-refractivity contribution in [2.24, 2.45) is 5.16 Å². The number of oxime groups is 1. The molecule has 0 aliphatic carbocycles. The van der Waals surface area contributed by atoms with E-state index in [1.807, 2.05) is 13.8 Å². The van der Waals surface area contributed by atoms with Crippen LogP contribution < -0.4 is 10.6 Å². The van der Waals surface area contributed by atoms with Crippen molar-refractivity contribution in [2.75, 3.05) is 6.54 Å². The summed E-state index contributed by atoms with van der Waals surface area (Å²) in [5.74, 6) is -1.01. The van der Waals surface area contributed by atoms with Crippen LogP contribution in [0.5, 0.6) is 0 Å². The number of nitrogens with one attached hydrogen (secondary N) is 2. The largest absolute Gasteiger partial charge is 0.382 e. The number of carbonyl (C=O) groups excluding carboxylic acids is 2. The summed E-state index contributed by atoms with van der Waals surface area (Å²) >= 11 is 0. The third-order valence-electron chi connectivity index (χ3n) is 3.01. The molecule has 0 unspecified atom stereocenters. The molecule has 1 aliphatic heterocycles. The molecule has 0 fully saturated rings. The van der Waals surface area contributed by atoms with E-state index in [1.54, 1.807) is 12.1 Å². The summed E-state index contributed by atoms with van der Waals surface area (Å²) in [7, 11) is 0. The molecule has 0 bridgehead atoms. The van der Waals surface area contributed by atoms with Crippen molar-refractivity contribution in [1.29, 1.82) is 0 Å². The highest BCUT2D eigenvalue weighted by atomic mass is 19.1. The molecule has 118 valence electrons. The minimum absolute atomic E-state index is 0.0144. The Hall–Kier alpha value is -2.44. The van der Waals surface area contributed by atoms with Gasteiger partial charge in [0.25, 0.3) is 5.91 Å². The fourth-order valence-electron chi connectivity index (χ4n) is 1.99. The topological polar surface area (TPSA) is 79.8 Å². The maximum Gasteiger partial charge on any atom is 0.264 e. The minimum Gasteiger partial charge on any atom is -0.382 e. The highest BCUT2D eigenvalue weighted by Gasteiger charge is 2.29. The van der Waals surface area contributed by atoms with Crippen molar-refractivity contribution in [3.8, 4) is 0 Å². The normalized spacial score (nSPS) is 16.9. The van der Waals surface area contributed by atoms with Crippen LogP contribution in [0.15, 0.2) is 29.4 Å². The smallest absolute Gasteiger partial charge is 0.264 e. The van der Waals surface area contributed by atoms with E-state index in [-0.39, 0.29) is 30.7 Å². The molecular weight excluding hydrogens is 289 g/mol. The summed E-state index contributed by atoms with van der Waals surface area (Å²) in [4.78, 5) is 28.5. The second kappa shape index (κ2) is 7.02. The van der Waals surface area contributed by atoms with Crippen LogP contribution in [0.4, 0.5) is 4.39 Å². The first-order chi connectivity index (χ1) is 10.5. The first kappa shape index (κ1) is 15.9. The summed E-state index contributed by atoms with van der Waals surface area (Å²) < 4.78 is 12.9. The summed E-state index contributed by atoms with van der Waals surface area (Å²) in [6.07, 6.45) is -0.490. The average molecular weight is 307 g/mol. The highest BCUT2D eigenvalue weighted by molar-refractivity contribution is 6.04. The molecule has 1 atom stereocenters. The van der Waals surface area contributed by atoms with Crippen molar-refractivity contribution < 1.29 is 18.8 Å². The standard InChI is InChI=1S/C15H18FN3O3/c1-9(2)18-14(20)8-17-15(21)13-7-12(19-22-13)10-3-5-11(16)6-4-10/h3-6,9,13H,7-8H2,1-2H3,(H,17,21)(H,18,20)/t13-/m0/s1. The van der Waals surface area contributed by atoms with E-state index >= 15 is 0 Å². The van der Waals surface area contributed by atoms with Crippen LogP contribution in [-0.4, -0.2) is 36.2 Å². The Morgan fingerprint density at radius 1 is 1.36 bits per heavy atom. The predicted molar refractivity (Wildman–Crippen MR) is 78.7 cm³/mol. The fourth-order valence-corrected chi connectivity index (χ4v) is 1.99. The molecule has 1 aromatic carbocycles. The Bertz CT molecular complexity index is 584. The second-order valence-corrected chi connectivity index (χ2v) is 5.28. The summed E-state index contributed by atoms with van der Waals surface area (Å²) in [6.45, 7) is 3.56. The number of hydrogen-bond acceptors (Lipinski definition) is 4. The van der Waals surface area contributed by atoms with Gasteiger partial charge in [0.15, 0.2) is 0 Å². The van der Waals surface area contributed by atoms with E-state index in [2.05, 4.69) is 15.8 Å². The summed E-state index contributed by atoms with van der Waals surface area (Å²) in [5.41, 5.74) is 1.28. The zero-order valence-corrected chi connectivity index (χ0v) is 12.4. The number of carbonyl (C=O) groups is 2. The average Bonchev–Trinajstić information content (AvgIpc) is 2.94.